The van der Waals surface area contributed by atoms with Crippen molar-refractivity contribution in [2.24, 2.45) is 5.73 Å². The van der Waals surface area contributed by atoms with Gasteiger partial charge in [-0.2, -0.15) is 5.26 Å². The molecule has 3 nitrogen and oxygen atoms in total. The van der Waals surface area contributed by atoms with Crippen molar-refractivity contribution < 1.29 is 34.4 Å². The number of primary amides is 1. The summed E-state index contributed by atoms with van der Waals surface area (Å²) in [5.41, 5.74) is 5.66. The van der Waals surface area contributed by atoms with E-state index < -0.39 is 11.8 Å². The molecule has 60 valence electrons. The van der Waals surface area contributed by atoms with Gasteiger partial charge in [0.05, 0.1) is 6.07 Å². The summed E-state index contributed by atoms with van der Waals surface area (Å²) in [5, 5.41) is 8.60. The van der Waals surface area contributed by atoms with E-state index in [0.717, 1.165) is 0 Å². The van der Waals surface area contributed by atoms with Gasteiger partial charge in [-0.15, -0.1) is 0 Å². The van der Waals surface area contributed by atoms with Crippen LogP contribution in [-0.2, 0) is 4.79 Å². The van der Waals surface area contributed by atoms with Crippen LogP contribution in [0.15, 0.2) is 30.3 Å². The van der Waals surface area contributed by atoms with Crippen molar-refractivity contribution in [3.8, 4) is 6.07 Å². The number of amides is 1. The second-order valence-electron chi connectivity index (χ2n) is 2.38. The first-order chi connectivity index (χ1) is 5.75. The van der Waals surface area contributed by atoms with Crippen LogP contribution in [0.3, 0.4) is 0 Å². The third kappa shape index (κ3) is 3.19. The molecular formula is C9H8N2NaO+. The van der Waals surface area contributed by atoms with Crippen LogP contribution in [0.1, 0.15) is 11.5 Å². The second kappa shape index (κ2) is 5.76. The number of hydrogen-bond acceptors (Lipinski definition) is 2. The van der Waals surface area contributed by atoms with Gasteiger partial charge in [0.15, 0.2) is 0 Å². The van der Waals surface area contributed by atoms with Gasteiger partial charge in [0.25, 0.3) is 0 Å². The van der Waals surface area contributed by atoms with Crippen molar-refractivity contribution >= 4 is 5.91 Å². The van der Waals surface area contributed by atoms with Crippen LogP contribution in [0, 0.1) is 11.3 Å². The largest absolute Gasteiger partial charge is 1.00 e. The van der Waals surface area contributed by atoms with Crippen LogP contribution in [-0.4, -0.2) is 5.91 Å². The van der Waals surface area contributed by atoms with E-state index in [-0.39, 0.29) is 29.6 Å². The quantitative estimate of drug-likeness (QED) is 0.528. The molecule has 0 saturated carbocycles. The molecule has 0 aliphatic carbocycles. The first kappa shape index (κ1) is 12.2. The Balaban J connectivity index is 0.00000144. The average Bonchev–Trinajstić information content (AvgIpc) is 2.07. The van der Waals surface area contributed by atoms with E-state index in [4.69, 9.17) is 11.0 Å². The summed E-state index contributed by atoms with van der Waals surface area (Å²) in [4.78, 5) is 10.7. The van der Waals surface area contributed by atoms with Crippen molar-refractivity contribution in [2.75, 3.05) is 0 Å². The first-order valence-electron chi connectivity index (χ1n) is 3.49. The Morgan fingerprint density at radius 1 is 1.38 bits per heavy atom. The maximum Gasteiger partial charge on any atom is 1.00 e. The molecule has 1 aromatic rings. The zero-order valence-corrected chi connectivity index (χ0v) is 9.40. The van der Waals surface area contributed by atoms with Crippen LogP contribution < -0.4 is 35.3 Å². The molecule has 1 rings (SSSR count). The van der Waals surface area contributed by atoms with Gasteiger partial charge < -0.3 is 5.73 Å². The summed E-state index contributed by atoms with van der Waals surface area (Å²) in [6, 6.07) is 10.6. The minimum absolute atomic E-state index is 0. The van der Waals surface area contributed by atoms with E-state index >= 15 is 0 Å². The molecule has 0 fully saturated rings. The molecule has 0 aliphatic rings. The molecule has 1 atom stereocenters. The number of nitrogens with zero attached hydrogens (tertiary/aromatic N) is 1. The van der Waals surface area contributed by atoms with E-state index in [9.17, 15) is 4.79 Å². The van der Waals surface area contributed by atoms with E-state index in [0.29, 0.717) is 5.56 Å². The number of rotatable bonds is 2. The number of nitrogens with two attached hydrogens (primary N) is 1. The fraction of sp³-hybridized carbons (Fsp3) is 0.111. The number of carbonyl (C=O) groups excluding carboxylic acids is 1. The van der Waals surface area contributed by atoms with E-state index in [1.807, 2.05) is 12.1 Å². The van der Waals surface area contributed by atoms with Crippen molar-refractivity contribution in [3.63, 3.8) is 0 Å². The summed E-state index contributed by atoms with van der Waals surface area (Å²) in [5.74, 6) is -1.44. The van der Waals surface area contributed by atoms with E-state index in [1.165, 1.54) is 0 Å². The molecule has 1 amide bonds. The van der Waals surface area contributed by atoms with E-state index in [1.54, 1.807) is 24.3 Å². The molecule has 0 radical (unpaired) electrons. The number of benzene rings is 1. The summed E-state index contributed by atoms with van der Waals surface area (Å²) < 4.78 is 0. The molecule has 13 heavy (non-hydrogen) atoms. The third-order valence-corrected chi connectivity index (χ3v) is 1.55. The van der Waals surface area contributed by atoms with Crippen molar-refractivity contribution in [3.05, 3.63) is 35.9 Å². The van der Waals surface area contributed by atoms with Gasteiger partial charge >= 0.3 is 29.6 Å². The molecule has 4 heteroatoms. The van der Waals surface area contributed by atoms with Crippen molar-refractivity contribution in [2.45, 2.75) is 5.92 Å². The van der Waals surface area contributed by atoms with Crippen LogP contribution in [0.2, 0.25) is 0 Å². The molecule has 1 unspecified atom stereocenters. The monoisotopic (exact) mass is 183 g/mol. The summed E-state index contributed by atoms with van der Waals surface area (Å²) in [6.45, 7) is 0. The predicted octanol–water partition coefficient (Wildman–Crippen LogP) is -2.22. The molecular weight excluding hydrogens is 175 g/mol. The average molecular weight is 183 g/mol. The topological polar surface area (TPSA) is 66.9 Å². The van der Waals surface area contributed by atoms with Gasteiger partial charge in [-0.25, -0.2) is 0 Å². The van der Waals surface area contributed by atoms with Gasteiger partial charge in [-0.1, -0.05) is 30.3 Å². The van der Waals surface area contributed by atoms with Crippen LogP contribution in [0.25, 0.3) is 0 Å². The first-order valence-corrected chi connectivity index (χ1v) is 3.49. The maximum absolute atomic E-state index is 10.7. The molecule has 0 aliphatic heterocycles. The molecule has 0 aromatic heterocycles. The van der Waals surface area contributed by atoms with Gasteiger partial charge in [0.2, 0.25) is 5.91 Å². The Labute approximate surface area is 98.8 Å². The molecule has 1 aromatic carbocycles. The van der Waals surface area contributed by atoms with Gasteiger partial charge in [0.1, 0.15) is 5.92 Å². The van der Waals surface area contributed by atoms with E-state index in [2.05, 4.69) is 0 Å². The number of hydrogen-bond donors (Lipinski definition) is 1. The smallest absolute Gasteiger partial charge is 0.368 e. The van der Waals surface area contributed by atoms with Crippen LogP contribution in [0.5, 0.6) is 0 Å². The molecule has 2 N–H and O–H groups in total. The minimum Gasteiger partial charge on any atom is -0.368 e. The SMILES string of the molecule is N#CC(C(N)=O)c1ccccc1.[Na+]. The predicted molar refractivity (Wildman–Crippen MR) is 44.0 cm³/mol. The van der Waals surface area contributed by atoms with Crippen LogP contribution in [0.4, 0.5) is 0 Å². The Bertz CT molecular complexity index is 318. The maximum atomic E-state index is 10.7. The molecule has 0 spiro atoms. The second-order valence-corrected chi connectivity index (χ2v) is 2.38. The Morgan fingerprint density at radius 3 is 2.31 bits per heavy atom. The summed E-state index contributed by atoms with van der Waals surface area (Å²) in [6.07, 6.45) is 0. The van der Waals surface area contributed by atoms with Crippen molar-refractivity contribution in [1.82, 2.24) is 0 Å². The van der Waals surface area contributed by atoms with Gasteiger partial charge in [0, 0.05) is 0 Å². The Morgan fingerprint density at radius 2 is 1.92 bits per heavy atom. The number of nitriles is 1. The normalized spacial score (nSPS) is 10.7. The zero-order chi connectivity index (χ0) is 8.97. The Hall–Kier alpha value is -0.820. The molecule has 0 bridgehead atoms. The molecule has 0 saturated heterocycles. The zero-order valence-electron chi connectivity index (χ0n) is 7.40. The Kier molecular flexibility index (Phi) is 5.40. The molecule has 0 heterocycles. The minimum atomic E-state index is -0.828. The third-order valence-electron chi connectivity index (χ3n) is 1.55. The fourth-order valence-corrected chi connectivity index (χ4v) is 0.948. The number of carbonyl (C=O) groups is 1. The van der Waals surface area contributed by atoms with Gasteiger partial charge in [-0.05, 0) is 5.56 Å². The standard InChI is InChI=1S/C9H8N2O.Na/c10-6-8(9(11)12)7-4-2-1-3-5-7;/h1-5,8H,(H2,11,12);/q;+1. The van der Waals surface area contributed by atoms with Crippen LogP contribution >= 0.6 is 0 Å². The van der Waals surface area contributed by atoms with Crippen molar-refractivity contribution in [1.29, 1.82) is 5.26 Å². The summed E-state index contributed by atoms with van der Waals surface area (Å²) >= 11 is 0. The summed E-state index contributed by atoms with van der Waals surface area (Å²) in [7, 11) is 0. The van der Waals surface area contributed by atoms with Gasteiger partial charge in [-0.3, -0.25) is 4.79 Å². The fourth-order valence-electron chi connectivity index (χ4n) is 0.948.